The second kappa shape index (κ2) is 3.89. The third-order valence-electron chi connectivity index (χ3n) is 2.51. The van der Waals surface area contributed by atoms with Crippen molar-refractivity contribution in [3.05, 3.63) is 45.8 Å². The lowest BCUT2D eigenvalue weighted by Gasteiger charge is -2.04. The first-order chi connectivity index (χ1) is 7.20. The number of hydrogen-bond acceptors (Lipinski definition) is 2. The summed E-state index contributed by atoms with van der Waals surface area (Å²) in [5.41, 5.74) is 2.64. The highest BCUT2D eigenvalue weighted by atomic mass is 16.4. The summed E-state index contributed by atoms with van der Waals surface area (Å²) in [6.45, 7) is 4.10. The molecular formula is C13H14O2. The predicted molar refractivity (Wildman–Crippen MR) is 61.2 cm³/mol. The first-order valence-electron chi connectivity index (χ1n) is 5.24. The van der Waals surface area contributed by atoms with E-state index in [1.807, 2.05) is 25.1 Å². The summed E-state index contributed by atoms with van der Waals surface area (Å²) < 4.78 is 5.17. The maximum absolute atomic E-state index is 11.3. The molecule has 2 nitrogen and oxygen atoms in total. The predicted octanol–water partition coefficient (Wildman–Crippen LogP) is 3.05. The SMILES string of the molecule is CCCc1cc(=O)oc2cc(C)ccc12. The maximum atomic E-state index is 11.3. The molecular weight excluding hydrogens is 188 g/mol. The average molecular weight is 202 g/mol. The molecule has 0 radical (unpaired) electrons. The Kier molecular flexibility index (Phi) is 2.58. The van der Waals surface area contributed by atoms with Crippen molar-refractivity contribution < 1.29 is 4.42 Å². The first kappa shape index (κ1) is 9.97. The number of benzene rings is 1. The van der Waals surface area contributed by atoms with Gasteiger partial charge in [-0.05, 0) is 30.5 Å². The highest BCUT2D eigenvalue weighted by molar-refractivity contribution is 5.80. The molecule has 0 saturated heterocycles. The molecule has 0 spiro atoms. The lowest BCUT2D eigenvalue weighted by atomic mass is 10.0. The molecule has 0 N–H and O–H groups in total. The van der Waals surface area contributed by atoms with Gasteiger partial charge >= 0.3 is 5.63 Å². The number of rotatable bonds is 2. The van der Waals surface area contributed by atoms with Crippen LogP contribution < -0.4 is 5.63 Å². The van der Waals surface area contributed by atoms with Gasteiger partial charge in [-0.2, -0.15) is 0 Å². The minimum atomic E-state index is -0.253. The van der Waals surface area contributed by atoms with Crippen molar-refractivity contribution in [2.75, 3.05) is 0 Å². The maximum Gasteiger partial charge on any atom is 0.336 e. The molecule has 0 amide bonds. The normalized spacial score (nSPS) is 10.8. The van der Waals surface area contributed by atoms with Crippen molar-refractivity contribution in [1.82, 2.24) is 0 Å². The van der Waals surface area contributed by atoms with Crippen LogP contribution in [0.25, 0.3) is 11.0 Å². The summed E-state index contributed by atoms with van der Waals surface area (Å²) in [5, 5.41) is 1.06. The van der Waals surface area contributed by atoms with Crippen LogP contribution in [0.4, 0.5) is 0 Å². The third-order valence-corrected chi connectivity index (χ3v) is 2.51. The Morgan fingerprint density at radius 2 is 2.07 bits per heavy atom. The van der Waals surface area contributed by atoms with Crippen molar-refractivity contribution in [3.8, 4) is 0 Å². The van der Waals surface area contributed by atoms with Crippen molar-refractivity contribution in [2.24, 2.45) is 0 Å². The summed E-state index contributed by atoms with van der Waals surface area (Å²) in [6, 6.07) is 7.58. The molecule has 0 saturated carbocycles. The van der Waals surface area contributed by atoms with Crippen LogP contribution in [0.5, 0.6) is 0 Å². The Bertz CT molecular complexity index is 538. The van der Waals surface area contributed by atoms with E-state index >= 15 is 0 Å². The van der Waals surface area contributed by atoms with E-state index in [1.54, 1.807) is 6.07 Å². The molecule has 15 heavy (non-hydrogen) atoms. The second-order valence-corrected chi connectivity index (χ2v) is 3.84. The highest BCUT2D eigenvalue weighted by Gasteiger charge is 2.04. The smallest absolute Gasteiger partial charge is 0.336 e. The van der Waals surface area contributed by atoms with Gasteiger partial charge in [-0.3, -0.25) is 0 Å². The molecule has 0 fully saturated rings. The van der Waals surface area contributed by atoms with Gasteiger partial charge in [0.25, 0.3) is 0 Å². The van der Waals surface area contributed by atoms with Crippen LogP contribution in [0, 0.1) is 6.92 Å². The van der Waals surface area contributed by atoms with Gasteiger partial charge in [0.1, 0.15) is 5.58 Å². The van der Waals surface area contributed by atoms with E-state index in [0.29, 0.717) is 5.58 Å². The van der Waals surface area contributed by atoms with E-state index in [0.717, 1.165) is 29.4 Å². The quantitative estimate of drug-likeness (QED) is 0.700. The zero-order valence-electron chi connectivity index (χ0n) is 9.04. The van der Waals surface area contributed by atoms with Crippen LogP contribution in [-0.4, -0.2) is 0 Å². The number of aryl methyl sites for hydroxylation is 2. The van der Waals surface area contributed by atoms with Gasteiger partial charge in [0.2, 0.25) is 0 Å². The largest absolute Gasteiger partial charge is 0.423 e. The molecule has 78 valence electrons. The molecule has 1 heterocycles. The summed E-state index contributed by atoms with van der Waals surface area (Å²) in [7, 11) is 0. The Labute approximate surface area is 88.5 Å². The monoisotopic (exact) mass is 202 g/mol. The van der Waals surface area contributed by atoms with Gasteiger partial charge in [-0.1, -0.05) is 25.5 Å². The zero-order chi connectivity index (χ0) is 10.8. The van der Waals surface area contributed by atoms with Crippen molar-refractivity contribution in [3.63, 3.8) is 0 Å². The van der Waals surface area contributed by atoms with Crippen LogP contribution in [0.2, 0.25) is 0 Å². The number of fused-ring (bicyclic) bond motifs is 1. The summed E-state index contributed by atoms with van der Waals surface area (Å²) in [6.07, 6.45) is 1.96. The fraction of sp³-hybridized carbons (Fsp3) is 0.308. The molecule has 0 aliphatic carbocycles. The van der Waals surface area contributed by atoms with Crippen LogP contribution in [0.1, 0.15) is 24.5 Å². The summed E-state index contributed by atoms with van der Waals surface area (Å²) in [5.74, 6) is 0. The van der Waals surface area contributed by atoms with Crippen LogP contribution in [-0.2, 0) is 6.42 Å². The molecule has 1 aromatic carbocycles. The molecule has 0 aliphatic heterocycles. The van der Waals surface area contributed by atoms with E-state index in [1.165, 1.54) is 0 Å². The standard InChI is InChI=1S/C13H14O2/c1-3-4-10-8-13(14)15-12-7-9(2)5-6-11(10)12/h5-8H,3-4H2,1-2H3. The Hall–Kier alpha value is -1.57. The Morgan fingerprint density at radius 1 is 1.27 bits per heavy atom. The topological polar surface area (TPSA) is 30.2 Å². The Balaban J connectivity index is 2.74. The zero-order valence-corrected chi connectivity index (χ0v) is 9.04. The van der Waals surface area contributed by atoms with Crippen molar-refractivity contribution in [2.45, 2.75) is 26.7 Å². The van der Waals surface area contributed by atoms with Gasteiger partial charge in [0.15, 0.2) is 0 Å². The molecule has 0 aliphatic rings. The van der Waals surface area contributed by atoms with E-state index in [-0.39, 0.29) is 5.63 Å². The van der Waals surface area contributed by atoms with Crippen molar-refractivity contribution in [1.29, 1.82) is 0 Å². The fourth-order valence-corrected chi connectivity index (χ4v) is 1.81. The summed E-state index contributed by atoms with van der Waals surface area (Å²) >= 11 is 0. The minimum absolute atomic E-state index is 0.253. The average Bonchev–Trinajstić information content (AvgIpc) is 2.17. The van der Waals surface area contributed by atoms with E-state index in [9.17, 15) is 4.79 Å². The van der Waals surface area contributed by atoms with E-state index < -0.39 is 0 Å². The van der Waals surface area contributed by atoms with Crippen molar-refractivity contribution >= 4 is 11.0 Å². The van der Waals surface area contributed by atoms with Gasteiger partial charge in [0, 0.05) is 11.5 Å². The first-order valence-corrected chi connectivity index (χ1v) is 5.24. The van der Waals surface area contributed by atoms with Gasteiger partial charge in [-0.25, -0.2) is 4.79 Å². The molecule has 2 heteroatoms. The van der Waals surface area contributed by atoms with Crippen LogP contribution >= 0.6 is 0 Å². The Morgan fingerprint density at radius 3 is 2.80 bits per heavy atom. The summed E-state index contributed by atoms with van der Waals surface area (Å²) in [4.78, 5) is 11.3. The minimum Gasteiger partial charge on any atom is -0.423 e. The van der Waals surface area contributed by atoms with Gasteiger partial charge in [-0.15, -0.1) is 0 Å². The highest BCUT2D eigenvalue weighted by Crippen LogP contribution is 2.19. The van der Waals surface area contributed by atoms with Crippen LogP contribution in [0.15, 0.2) is 33.5 Å². The lowest BCUT2D eigenvalue weighted by molar-refractivity contribution is 0.558. The van der Waals surface area contributed by atoms with Gasteiger partial charge in [0.05, 0.1) is 0 Å². The molecule has 0 bridgehead atoms. The molecule has 2 rings (SSSR count). The van der Waals surface area contributed by atoms with Crippen LogP contribution in [0.3, 0.4) is 0 Å². The fourth-order valence-electron chi connectivity index (χ4n) is 1.81. The van der Waals surface area contributed by atoms with Gasteiger partial charge < -0.3 is 4.42 Å². The molecule has 2 aromatic rings. The third kappa shape index (κ3) is 1.94. The molecule has 1 aromatic heterocycles. The van der Waals surface area contributed by atoms with E-state index in [4.69, 9.17) is 4.42 Å². The molecule has 0 atom stereocenters. The van der Waals surface area contributed by atoms with E-state index in [2.05, 4.69) is 6.92 Å². The molecule has 0 unspecified atom stereocenters. The second-order valence-electron chi connectivity index (χ2n) is 3.84. The lowest BCUT2D eigenvalue weighted by Crippen LogP contribution is -2.00. The number of hydrogen-bond donors (Lipinski definition) is 0.